The van der Waals surface area contributed by atoms with Crippen LogP contribution in [-0.4, -0.2) is 56.2 Å². The highest BCUT2D eigenvalue weighted by atomic mass is 16.5. The summed E-state index contributed by atoms with van der Waals surface area (Å²) in [5.74, 6) is 0.805. The van der Waals surface area contributed by atoms with E-state index in [-0.39, 0.29) is 18.1 Å². The van der Waals surface area contributed by atoms with Crippen LogP contribution < -0.4 is 10.6 Å². The fourth-order valence-corrected chi connectivity index (χ4v) is 2.76. The van der Waals surface area contributed by atoms with E-state index in [1.54, 1.807) is 7.05 Å². The maximum Gasteiger partial charge on any atom is 0.254 e. The molecule has 2 rings (SSSR count). The van der Waals surface area contributed by atoms with Crippen molar-refractivity contribution in [3.8, 4) is 0 Å². The summed E-state index contributed by atoms with van der Waals surface area (Å²) in [6, 6.07) is 7.70. The Morgan fingerprint density at radius 1 is 1.26 bits per heavy atom. The lowest BCUT2D eigenvalue weighted by atomic mass is 10.1. The van der Waals surface area contributed by atoms with Crippen LogP contribution in [0.5, 0.6) is 0 Å². The number of hydrogen-bond donors (Lipinski definition) is 2. The van der Waals surface area contributed by atoms with Gasteiger partial charge in [-0.2, -0.15) is 0 Å². The molecule has 0 aliphatic carbocycles. The van der Waals surface area contributed by atoms with Crippen molar-refractivity contribution in [2.24, 2.45) is 4.99 Å². The molecule has 1 aromatic carbocycles. The minimum absolute atomic E-state index is 0.0672. The summed E-state index contributed by atoms with van der Waals surface area (Å²) in [6.07, 6.45) is 0.166. The molecule has 126 valence electrons. The van der Waals surface area contributed by atoms with Crippen molar-refractivity contribution in [1.29, 1.82) is 0 Å². The van der Waals surface area contributed by atoms with Crippen LogP contribution in [0.3, 0.4) is 0 Å². The van der Waals surface area contributed by atoms with Crippen LogP contribution in [0.2, 0.25) is 0 Å². The summed E-state index contributed by atoms with van der Waals surface area (Å²) in [7, 11) is 3.55. The van der Waals surface area contributed by atoms with Crippen LogP contribution in [0.4, 0.5) is 0 Å². The Hall–Kier alpha value is -2.08. The molecule has 23 heavy (non-hydrogen) atoms. The Morgan fingerprint density at radius 3 is 2.39 bits per heavy atom. The molecule has 0 spiro atoms. The first-order valence-corrected chi connectivity index (χ1v) is 7.95. The average molecular weight is 318 g/mol. The fraction of sp³-hybridized carbons (Fsp3) is 0.529. The lowest BCUT2D eigenvalue weighted by molar-refractivity contribution is -0.0586. The van der Waals surface area contributed by atoms with Crippen LogP contribution in [0.15, 0.2) is 29.3 Å². The lowest BCUT2D eigenvalue weighted by Gasteiger charge is -2.35. The van der Waals surface area contributed by atoms with Crippen molar-refractivity contribution in [1.82, 2.24) is 15.5 Å². The summed E-state index contributed by atoms with van der Waals surface area (Å²) in [5.41, 5.74) is 1.81. The van der Waals surface area contributed by atoms with Crippen molar-refractivity contribution >= 4 is 11.9 Å². The van der Waals surface area contributed by atoms with Crippen LogP contribution in [0.1, 0.15) is 29.8 Å². The second kappa shape index (κ2) is 7.97. The first kappa shape index (κ1) is 17.3. The molecule has 1 amide bonds. The number of hydrogen-bond acceptors (Lipinski definition) is 3. The van der Waals surface area contributed by atoms with Gasteiger partial charge in [0.2, 0.25) is 0 Å². The molecular formula is C17H26N4O2. The molecule has 0 bridgehead atoms. The molecule has 1 aromatic rings. The lowest BCUT2D eigenvalue weighted by Crippen LogP contribution is -2.48. The molecule has 1 aliphatic heterocycles. The zero-order valence-corrected chi connectivity index (χ0v) is 14.3. The fourth-order valence-electron chi connectivity index (χ4n) is 2.76. The van der Waals surface area contributed by atoms with E-state index in [9.17, 15) is 4.79 Å². The number of ether oxygens (including phenoxy) is 1. The summed E-state index contributed by atoms with van der Waals surface area (Å²) >= 11 is 0. The predicted molar refractivity (Wildman–Crippen MR) is 91.6 cm³/mol. The van der Waals surface area contributed by atoms with Gasteiger partial charge in [-0.15, -0.1) is 0 Å². The zero-order chi connectivity index (χ0) is 16.8. The van der Waals surface area contributed by atoms with Gasteiger partial charge in [0, 0.05) is 39.3 Å². The number of amides is 1. The second-order valence-electron chi connectivity index (χ2n) is 5.84. The summed E-state index contributed by atoms with van der Waals surface area (Å²) in [5, 5.41) is 6.16. The van der Waals surface area contributed by atoms with Crippen LogP contribution in [0, 0.1) is 0 Å². The number of carbonyl (C=O) groups excluding carboxylic acids is 1. The van der Waals surface area contributed by atoms with E-state index in [0.29, 0.717) is 25.2 Å². The smallest absolute Gasteiger partial charge is 0.254 e. The first-order chi connectivity index (χ1) is 11.0. The Kier molecular flexibility index (Phi) is 5.98. The van der Waals surface area contributed by atoms with Gasteiger partial charge in [0.15, 0.2) is 5.96 Å². The second-order valence-corrected chi connectivity index (χ2v) is 5.84. The van der Waals surface area contributed by atoms with E-state index in [1.807, 2.05) is 50.1 Å². The molecule has 0 aromatic heterocycles. The van der Waals surface area contributed by atoms with Crippen LogP contribution in [-0.2, 0) is 11.3 Å². The van der Waals surface area contributed by atoms with E-state index >= 15 is 0 Å². The van der Waals surface area contributed by atoms with E-state index < -0.39 is 0 Å². The maximum atomic E-state index is 12.6. The van der Waals surface area contributed by atoms with Crippen LogP contribution >= 0.6 is 0 Å². The third-order valence-corrected chi connectivity index (χ3v) is 3.83. The molecule has 1 heterocycles. The number of nitrogens with one attached hydrogen (secondary N) is 2. The molecule has 1 saturated heterocycles. The van der Waals surface area contributed by atoms with Crippen molar-refractivity contribution in [2.75, 3.05) is 27.2 Å². The number of nitrogens with zero attached hydrogens (tertiary/aromatic N) is 2. The summed E-state index contributed by atoms with van der Waals surface area (Å²) < 4.78 is 5.68. The largest absolute Gasteiger partial charge is 0.372 e. The number of aliphatic imine (C=N–C) groups is 1. The number of carbonyl (C=O) groups is 1. The first-order valence-electron chi connectivity index (χ1n) is 7.95. The van der Waals surface area contributed by atoms with Gasteiger partial charge in [0.1, 0.15) is 0 Å². The maximum absolute atomic E-state index is 12.6. The Balaban J connectivity index is 1.97. The van der Waals surface area contributed by atoms with E-state index in [0.717, 1.165) is 11.5 Å². The minimum Gasteiger partial charge on any atom is -0.372 e. The molecule has 2 N–H and O–H groups in total. The number of guanidine groups is 1. The van der Waals surface area contributed by atoms with E-state index in [2.05, 4.69) is 15.6 Å². The molecule has 1 aliphatic rings. The van der Waals surface area contributed by atoms with Crippen molar-refractivity contribution in [3.63, 3.8) is 0 Å². The highest BCUT2D eigenvalue weighted by Crippen LogP contribution is 2.15. The number of benzene rings is 1. The molecule has 0 radical (unpaired) electrons. The van der Waals surface area contributed by atoms with Gasteiger partial charge < -0.3 is 20.3 Å². The number of morpholine rings is 1. The highest BCUT2D eigenvalue weighted by Gasteiger charge is 2.26. The molecule has 1 fully saturated rings. The Labute approximate surface area is 137 Å². The predicted octanol–water partition coefficient (Wildman–Crippen LogP) is 1.23. The normalized spacial score (nSPS) is 21.9. The van der Waals surface area contributed by atoms with Crippen molar-refractivity contribution in [2.45, 2.75) is 32.6 Å². The average Bonchev–Trinajstić information content (AvgIpc) is 2.55. The quantitative estimate of drug-likeness (QED) is 0.650. The van der Waals surface area contributed by atoms with E-state index in [1.165, 1.54) is 0 Å². The van der Waals surface area contributed by atoms with Crippen LogP contribution in [0.25, 0.3) is 0 Å². The molecule has 6 nitrogen and oxygen atoms in total. The third kappa shape index (κ3) is 4.69. The Bertz CT molecular complexity index is 546. The number of rotatable bonds is 3. The van der Waals surface area contributed by atoms with E-state index in [4.69, 9.17) is 4.74 Å². The molecular weight excluding hydrogens is 292 g/mol. The topological polar surface area (TPSA) is 66.0 Å². The van der Waals surface area contributed by atoms with Gasteiger partial charge in [0.25, 0.3) is 5.91 Å². The van der Waals surface area contributed by atoms with Gasteiger partial charge in [-0.1, -0.05) is 12.1 Å². The standard InChI is InChI=1S/C17H26N4O2/c1-12-10-21(11-13(2)23-12)16(22)15-7-5-14(6-8-15)9-20-17(18-3)19-4/h5-8,12-13H,9-11H2,1-4H3,(H2,18,19,20)/t12-,13-/m0/s1. The van der Waals surface area contributed by atoms with Gasteiger partial charge >= 0.3 is 0 Å². The Morgan fingerprint density at radius 2 is 1.87 bits per heavy atom. The third-order valence-electron chi connectivity index (χ3n) is 3.83. The highest BCUT2D eigenvalue weighted by molar-refractivity contribution is 5.94. The summed E-state index contributed by atoms with van der Waals surface area (Å²) in [4.78, 5) is 18.5. The van der Waals surface area contributed by atoms with Crippen molar-refractivity contribution < 1.29 is 9.53 Å². The summed E-state index contributed by atoms with van der Waals surface area (Å²) in [6.45, 7) is 5.95. The molecule has 2 atom stereocenters. The zero-order valence-electron chi connectivity index (χ0n) is 14.3. The molecule has 6 heteroatoms. The van der Waals surface area contributed by atoms with Gasteiger partial charge in [0.05, 0.1) is 12.2 Å². The molecule has 0 saturated carbocycles. The van der Waals surface area contributed by atoms with Crippen molar-refractivity contribution in [3.05, 3.63) is 35.4 Å². The van der Waals surface area contributed by atoms with Gasteiger partial charge in [-0.3, -0.25) is 9.79 Å². The van der Waals surface area contributed by atoms with Gasteiger partial charge in [-0.25, -0.2) is 0 Å². The van der Waals surface area contributed by atoms with Gasteiger partial charge in [-0.05, 0) is 31.5 Å². The minimum atomic E-state index is 0.0672. The molecule has 0 unspecified atom stereocenters. The SMILES string of the molecule is CN=C(NC)NCc1ccc(C(=O)N2C[C@H](C)O[C@@H](C)C2)cc1. The monoisotopic (exact) mass is 318 g/mol.